The zero-order chi connectivity index (χ0) is 8.97. The molecule has 1 unspecified atom stereocenters. The first-order valence-corrected chi connectivity index (χ1v) is 4.52. The van der Waals surface area contributed by atoms with E-state index in [9.17, 15) is 0 Å². The molecule has 1 rings (SSSR count). The maximum absolute atomic E-state index is 8.12. The van der Waals surface area contributed by atoms with Gasteiger partial charge in [0, 0.05) is 10.6 Å². The van der Waals surface area contributed by atoms with Crippen LogP contribution in [0.1, 0.15) is 9.85 Å². The molecule has 0 amide bonds. The first-order chi connectivity index (χ1) is 5.74. The number of hydrogen-bond donors (Lipinski definition) is 0. The van der Waals surface area contributed by atoms with E-state index in [2.05, 4.69) is 26.0 Å². The minimum Gasteiger partial charge on any atom is -0.105 e. The molecule has 5 heteroatoms. The molecule has 0 heterocycles. The van der Waals surface area contributed by atoms with Crippen LogP contribution in [-0.4, -0.2) is 0 Å². The molecule has 1 atom stereocenters. The zero-order valence-corrected chi connectivity index (χ0v) is 8.33. The van der Waals surface area contributed by atoms with Crippen molar-refractivity contribution in [1.82, 2.24) is 0 Å². The first kappa shape index (κ1) is 9.39. The van der Waals surface area contributed by atoms with Gasteiger partial charge in [0.25, 0.3) is 0 Å². The van der Waals surface area contributed by atoms with E-state index in [0.29, 0.717) is 5.69 Å². The van der Waals surface area contributed by atoms with E-state index in [4.69, 9.17) is 17.1 Å². The third-order valence-corrected chi connectivity index (χ3v) is 2.09. The molecular formula is C7H5BrClN3. The van der Waals surface area contributed by atoms with Gasteiger partial charge in [-0.15, -0.1) is 11.6 Å². The first-order valence-electron chi connectivity index (χ1n) is 3.17. The minimum atomic E-state index is -0.197. The van der Waals surface area contributed by atoms with Crippen molar-refractivity contribution in [2.75, 3.05) is 0 Å². The topological polar surface area (TPSA) is 48.8 Å². The van der Waals surface area contributed by atoms with Crippen LogP contribution in [0.15, 0.2) is 29.4 Å². The molecule has 1 aromatic rings. The van der Waals surface area contributed by atoms with Crippen LogP contribution in [0.4, 0.5) is 5.69 Å². The molecule has 0 aliphatic carbocycles. The molecule has 0 N–H and O–H groups in total. The van der Waals surface area contributed by atoms with E-state index in [1.54, 1.807) is 24.3 Å². The van der Waals surface area contributed by atoms with Gasteiger partial charge in [-0.2, -0.15) is 0 Å². The minimum absolute atomic E-state index is 0.197. The molecule has 62 valence electrons. The predicted molar refractivity (Wildman–Crippen MR) is 52.8 cm³/mol. The van der Waals surface area contributed by atoms with Crippen molar-refractivity contribution in [3.63, 3.8) is 0 Å². The summed E-state index contributed by atoms with van der Waals surface area (Å²) in [5.74, 6) is 0. The smallest absolute Gasteiger partial charge is 0.105 e. The van der Waals surface area contributed by atoms with E-state index in [1.807, 2.05) is 0 Å². The second-order valence-corrected chi connectivity index (χ2v) is 3.96. The lowest BCUT2D eigenvalue weighted by Gasteiger charge is -2.00. The Morgan fingerprint density at radius 2 is 2.00 bits per heavy atom. The lowest BCUT2D eigenvalue weighted by Crippen LogP contribution is -1.77. The van der Waals surface area contributed by atoms with Crippen LogP contribution in [0, 0.1) is 0 Å². The maximum Gasteiger partial charge on any atom is 0.113 e. The summed E-state index contributed by atoms with van der Waals surface area (Å²) in [5, 5.41) is 3.43. The van der Waals surface area contributed by atoms with E-state index in [0.717, 1.165) is 5.56 Å². The van der Waals surface area contributed by atoms with Gasteiger partial charge in [-0.1, -0.05) is 45.3 Å². The Morgan fingerprint density at radius 3 is 2.42 bits per heavy atom. The van der Waals surface area contributed by atoms with Crippen LogP contribution in [0.5, 0.6) is 0 Å². The number of alkyl halides is 2. The Kier molecular flexibility index (Phi) is 3.41. The molecule has 0 aromatic heterocycles. The molecule has 0 spiro atoms. The van der Waals surface area contributed by atoms with E-state index >= 15 is 0 Å². The van der Waals surface area contributed by atoms with Crippen molar-refractivity contribution in [3.05, 3.63) is 40.3 Å². The van der Waals surface area contributed by atoms with Crippen LogP contribution in [-0.2, 0) is 0 Å². The van der Waals surface area contributed by atoms with Crippen molar-refractivity contribution < 1.29 is 0 Å². The van der Waals surface area contributed by atoms with E-state index < -0.39 is 0 Å². The summed E-state index contributed by atoms with van der Waals surface area (Å²) in [6, 6.07) is 7.03. The number of benzene rings is 1. The molecule has 0 radical (unpaired) electrons. The normalized spacial score (nSPS) is 11.8. The Bertz CT molecular complexity index is 303. The summed E-state index contributed by atoms with van der Waals surface area (Å²) in [7, 11) is 0. The third kappa shape index (κ3) is 2.41. The second-order valence-electron chi connectivity index (χ2n) is 2.08. The Hall–Kier alpha value is -0.700. The van der Waals surface area contributed by atoms with Gasteiger partial charge in [-0.05, 0) is 11.1 Å². The van der Waals surface area contributed by atoms with Crippen LogP contribution in [0.25, 0.3) is 10.4 Å². The third-order valence-electron chi connectivity index (χ3n) is 1.31. The number of halogens is 2. The number of nitrogens with zero attached hydrogens (tertiary/aromatic N) is 3. The average molecular weight is 246 g/mol. The molecule has 0 saturated carbocycles. The largest absolute Gasteiger partial charge is 0.113 e. The maximum atomic E-state index is 8.12. The average Bonchev–Trinajstić information content (AvgIpc) is 2.06. The molecule has 12 heavy (non-hydrogen) atoms. The zero-order valence-electron chi connectivity index (χ0n) is 5.98. The van der Waals surface area contributed by atoms with Gasteiger partial charge in [-0.3, -0.25) is 0 Å². The van der Waals surface area contributed by atoms with Crippen molar-refractivity contribution in [1.29, 1.82) is 0 Å². The summed E-state index contributed by atoms with van der Waals surface area (Å²) < 4.78 is -0.197. The Balaban J connectivity index is 2.92. The summed E-state index contributed by atoms with van der Waals surface area (Å²) in [5.41, 5.74) is 9.65. The molecule has 1 aromatic carbocycles. The van der Waals surface area contributed by atoms with Crippen molar-refractivity contribution >= 4 is 33.2 Å². The van der Waals surface area contributed by atoms with Gasteiger partial charge in [-0.25, -0.2) is 0 Å². The van der Waals surface area contributed by atoms with Gasteiger partial charge in [0.15, 0.2) is 0 Å². The number of azide groups is 1. The highest BCUT2D eigenvalue weighted by molar-refractivity contribution is 9.09. The van der Waals surface area contributed by atoms with Crippen LogP contribution >= 0.6 is 27.5 Å². The van der Waals surface area contributed by atoms with E-state index in [-0.39, 0.29) is 4.29 Å². The Morgan fingerprint density at radius 1 is 1.42 bits per heavy atom. The van der Waals surface area contributed by atoms with Gasteiger partial charge in [0.05, 0.1) is 0 Å². The number of hydrogen-bond acceptors (Lipinski definition) is 1. The van der Waals surface area contributed by atoms with Gasteiger partial charge >= 0.3 is 0 Å². The predicted octanol–water partition coefficient (Wildman–Crippen LogP) is 4.26. The molecule has 0 aliphatic heterocycles. The Labute approximate surface area is 83.1 Å². The molecule has 0 fully saturated rings. The van der Waals surface area contributed by atoms with Crippen LogP contribution < -0.4 is 0 Å². The highest BCUT2D eigenvalue weighted by Gasteiger charge is 2.00. The van der Waals surface area contributed by atoms with Crippen LogP contribution in [0.2, 0.25) is 0 Å². The van der Waals surface area contributed by atoms with Crippen molar-refractivity contribution in [2.45, 2.75) is 4.29 Å². The lowest BCUT2D eigenvalue weighted by atomic mass is 10.2. The summed E-state index contributed by atoms with van der Waals surface area (Å²) in [6.45, 7) is 0. The van der Waals surface area contributed by atoms with Gasteiger partial charge < -0.3 is 0 Å². The fourth-order valence-corrected chi connectivity index (χ4v) is 1.19. The summed E-state index contributed by atoms with van der Waals surface area (Å²) in [6.07, 6.45) is 0. The summed E-state index contributed by atoms with van der Waals surface area (Å²) >= 11 is 8.95. The monoisotopic (exact) mass is 245 g/mol. The summed E-state index contributed by atoms with van der Waals surface area (Å²) in [4.78, 5) is 2.66. The SMILES string of the molecule is [N-]=[N+]=Nc1ccc(C(Cl)Br)cc1. The van der Waals surface area contributed by atoms with Crippen molar-refractivity contribution in [3.8, 4) is 0 Å². The highest BCUT2D eigenvalue weighted by Crippen LogP contribution is 2.28. The second kappa shape index (κ2) is 4.36. The van der Waals surface area contributed by atoms with Gasteiger partial charge in [0.2, 0.25) is 0 Å². The van der Waals surface area contributed by atoms with Gasteiger partial charge in [0.1, 0.15) is 4.29 Å². The number of rotatable bonds is 2. The highest BCUT2D eigenvalue weighted by atomic mass is 79.9. The van der Waals surface area contributed by atoms with E-state index in [1.165, 1.54) is 0 Å². The molecule has 0 aliphatic rings. The fraction of sp³-hybridized carbons (Fsp3) is 0.143. The quantitative estimate of drug-likeness (QED) is 0.324. The standard InChI is InChI=1S/C7H5BrClN3/c8-7(9)5-1-3-6(4-2-5)11-12-10/h1-4,7H. The van der Waals surface area contributed by atoms with Crippen molar-refractivity contribution in [2.24, 2.45) is 5.11 Å². The fourth-order valence-electron chi connectivity index (χ4n) is 0.738. The molecule has 0 saturated heterocycles. The molecule has 0 bridgehead atoms. The van der Waals surface area contributed by atoms with Crippen LogP contribution in [0.3, 0.4) is 0 Å². The lowest BCUT2D eigenvalue weighted by molar-refractivity contribution is 1.36. The molecular weight excluding hydrogens is 241 g/mol. The molecule has 3 nitrogen and oxygen atoms in total.